The van der Waals surface area contributed by atoms with E-state index in [1.807, 2.05) is 0 Å². The fraction of sp³-hybridized carbons (Fsp3) is 0.273. The minimum Gasteiger partial charge on any atom is -0.450 e. The van der Waals surface area contributed by atoms with Crippen molar-refractivity contribution in [2.45, 2.75) is 12.4 Å². The molecule has 86 valence electrons. The summed E-state index contributed by atoms with van der Waals surface area (Å²) in [5, 5.41) is 2.23. The Kier molecular flexibility index (Phi) is 4.79. The maximum absolute atomic E-state index is 11.7. The smallest absolute Gasteiger partial charge is 0.408 e. The number of amides is 1. The van der Waals surface area contributed by atoms with Gasteiger partial charge in [0.2, 0.25) is 5.78 Å². The van der Waals surface area contributed by atoms with E-state index in [9.17, 15) is 9.59 Å². The van der Waals surface area contributed by atoms with E-state index in [1.165, 1.54) is 0 Å². The summed E-state index contributed by atoms with van der Waals surface area (Å²) in [6, 6.07) is 8.50. The highest BCUT2D eigenvalue weighted by molar-refractivity contribution is 6.34. The van der Waals surface area contributed by atoms with E-state index in [0.29, 0.717) is 5.56 Å². The number of alkyl carbamates (subject to hydrolysis) is 1. The summed E-state index contributed by atoms with van der Waals surface area (Å²) in [6.07, 6.45) is -0.702. The maximum Gasteiger partial charge on any atom is 0.408 e. The molecule has 0 bridgehead atoms. The van der Waals surface area contributed by atoms with Gasteiger partial charge in [-0.15, -0.1) is 0 Å². The van der Waals surface area contributed by atoms with Crippen LogP contribution in [0, 0.1) is 0 Å². The summed E-state index contributed by atoms with van der Waals surface area (Å²) >= 11 is 5.73. The number of Topliss-reactive ketones (excluding diaryl/α,β-unsaturated/α-hetero) is 1. The van der Waals surface area contributed by atoms with E-state index >= 15 is 0 Å². The van der Waals surface area contributed by atoms with Gasteiger partial charge in [-0.1, -0.05) is 41.9 Å². The molecule has 1 atom stereocenters. The van der Waals surface area contributed by atoms with Crippen molar-refractivity contribution < 1.29 is 14.3 Å². The molecule has 1 rings (SSSR count). The Morgan fingerprint density at radius 2 is 2.00 bits per heavy atom. The Morgan fingerprint density at radius 3 is 2.56 bits per heavy atom. The van der Waals surface area contributed by atoms with Crippen LogP contribution in [0.1, 0.15) is 17.3 Å². The second-order valence-corrected chi connectivity index (χ2v) is 3.39. The molecular formula is C11H12ClNO3. The predicted octanol–water partition coefficient (Wildman–Crippen LogP) is 2.18. The van der Waals surface area contributed by atoms with Crippen molar-refractivity contribution in [2.75, 3.05) is 6.61 Å². The molecule has 0 aliphatic rings. The van der Waals surface area contributed by atoms with Crippen molar-refractivity contribution >= 4 is 23.5 Å². The van der Waals surface area contributed by atoms with Gasteiger partial charge in [-0.2, -0.15) is 0 Å². The Labute approximate surface area is 98.5 Å². The lowest BCUT2D eigenvalue weighted by Crippen LogP contribution is -2.37. The van der Waals surface area contributed by atoms with Crippen molar-refractivity contribution in [2.24, 2.45) is 0 Å². The molecule has 1 amide bonds. The highest BCUT2D eigenvalue weighted by atomic mass is 35.5. The molecule has 0 aliphatic heterocycles. The van der Waals surface area contributed by atoms with E-state index in [4.69, 9.17) is 11.6 Å². The summed E-state index contributed by atoms with van der Waals surface area (Å²) in [6.45, 7) is 1.90. The van der Waals surface area contributed by atoms with Gasteiger partial charge in [-0.3, -0.25) is 10.1 Å². The van der Waals surface area contributed by atoms with Crippen LogP contribution in [-0.2, 0) is 4.74 Å². The van der Waals surface area contributed by atoms with Gasteiger partial charge in [-0.25, -0.2) is 4.79 Å². The standard InChI is InChI=1S/C11H12ClNO3/c1-2-16-11(15)13-10(12)9(14)8-6-4-3-5-7-8/h3-7,10H,2H2,1H3,(H,13,15). The summed E-state index contributed by atoms with van der Waals surface area (Å²) < 4.78 is 4.61. The lowest BCUT2D eigenvalue weighted by molar-refractivity contribution is 0.0961. The van der Waals surface area contributed by atoms with Gasteiger partial charge >= 0.3 is 6.09 Å². The Hall–Kier alpha value is -1.55. The van der Waals surface area contributed by atoms with Gasteiger partial charge in [0.1, 0.15) is 0 Å². The fourth-order valence-electron chi connectivity index (χ4n) is 1.09. The zero-order valence-corrected chi connectivity index (χ0v) is 9.53. The topological polar surface area (TPSA) is 55.4 Å². The van der Waals surface area contributed by atoms with Gasteiger partial charge in [-0.05, 0) is 6.92 Å². The number of alkyl halides is 1. The SMILES string of the molecule is CCOC(=O)NC(Cl)C(=O)c1ccccc1. The second kappa shape index (κ2) is 6.12. The molecule has 1 N–H and O–H groups in total. The van der Waals surface area contributed by atoms with E-state index < -0.39 is 11.6 Å². The largest absolute Gasteiger partial charge is 0.450 e. The molecule has 0 fully saturated rings. The van der Waals surface area contributed by atoms with E-state index in [1.54, 1.807) is 37.3 Å². The highest BCUT2D eigenvalue weighted by Gasteiger charge is 2.19. The number of halogens is 1. The van der Waals surface area contributed by atoms with Gasteiger partial charge in [0.05, 0.1) is 6.61 Å². The highest BCUT2D eigenvalue weighted by Crippen LogP contribution is 2.06. The second-order valence-electron chi connectivity index (χ2n) is 2.96. The van der Waals surface area contributed by atoms with Crippen molar-refractivity contribution in [1.29, 1.82) is 0 Å². The van der Waals surface area contributed by atoms with Crippen LogP contribution in [-0.4, -0.2) is 24.0 Å². The molecule has 1 aromatic rings. The van der Waals surface area contributed by atoms with Crippen LogP contribution in [0.3, 0.4) is 0 Å². The molecule has 0 saturated carbocycles. The molecule has 0 heterocycles. The average Bonchev–Trinajstić information content (AvgIpc) is 2.29. The van der Waals surface area contributed by atoms with Crippen LogP contribution in [0.5, 0.6) is 0 Å². The normalized spacial score (nSPS) is 11.6. The number of benzene rings is 1. The summed E-state index contributed by atoms with van der Waals surface area (Å²) in [4.78, 5) is 22.7. The van der Waals surface area contributed by atoms with E-state index in [0.717, 1.165) is 0 Å². The van der Waals surface area contributed by atoms with E-state index in [-0.39, 0.29) is 12.4 Å². The van der Waals surface area contributed by atoms with Crippen molar-refractivity contribution in [3.63, 3.8) is 0 Å². The molecule has 0 aromatic heterocycles. The minimum absolute atomic E-state index is 0.231. The molecule has 4 nitrogen and oxygen atoms in total. The first-order valence-corrected chi connectivity index (χ1v) is 5.25. The first-order chi connectivity index (χ1) is 7.65. The van der Waals surface area contributed by atoms with Crippen molar-refractivity contribution in [3.05, 3.63) is 35.9 Å². The van der Waals surface area contributed by atoms with Crippen LogP contribution in [0.15, 0.2) is 30.3 Å². The third-order valence-corrected chi connectivity index (χ3v) is 2.12. The molecule has 0 radical (unpaired) electrons. The number of carbonyl (C=O) groups excluding carboxylic acids is 2. The third kappa shape index (κ3) is 3.55. The van der Waals surface area contributed by atoms with Crippen molar-refractivity contribution in [3.8, 4) is 0 Å². The zero-order valence-electron chi connectivity index (χ0n) is 8.77. The number of rotatable bonds is 4. The molecule has 1 unspecified atom stereocenters. The molecule has 16 heavy (non-hydrogen) atoms. The third-order valence-electron chi connectivity index (χ3n) is 1.81. The lowest BCUT2D eigenvalue weighted by Gasteiger charge is -2.10. The molecule has 0 saturated heterocycles. The van der Waals surface area contributed by atoms with Crippen LogP contribution in [0.2, 0.25) is 0 Å². The number of hydrogen-bond acceptors (Lipinski definition) is 3. The van der Waals surface area contributed by atoms with Gasteiger partial charge < -0.3 is 4.74 Å². The molecule has 5 heteroatoms. The number of carbonyl (C=O) groups is 2. The Morgan fingerprint density at radius 1 is 1.38 bits per heavy atom. The quantitative estimate of drug-likeness (QED) is 0.499. The van der Waals surface area contributed by atoms with Crippen LogP contribution < -0.4 is 5.32 Å². The zero-order chi connectivity index (χ0) is 12.0. The van der Waals surface area contributed by atoms with Crippen molar-refractivity contribution in [1.82, 2.24) is 5.32 Å². The Balaban J connectivity index is 2.58. The maximum atomic E-state index is 11.7. The van der Waals surface area contributed by atoms with Gasteiger partial charge in [0.15, 0.2) is 5.50 Å². The molecule has 0 spiro atoms. The monoisotopic (exact) mass is 241 g/mol. The molecular weight excluding hydrogens is 230 g/mol. The average molecular weight is 242 g/mol. The van der Waals surface area contributed by atoms with Crippen LogP contribution in [0.4, 0.5) is 4.79 Å². The Bertz CT molecular complexity index is 367. The minimum atomic E-state index is -1.11. The first kappa shape index (κ1) is 12.5. The van der Waals surface area contributed by atoms with Crippen LogP contribution in [0.25, 0.3) is 0 Å². The number of nitrogens with one attached hydrogen (secondary N) is 1. The van der Waals surface area contributed by atoms with Gasteiger partial charge in [0, 0.05) is 5.56 Å². The predicted molar refractivity (Wildman–Crippen MR) is 60.6 cm³/mol. The summed E-state index contributed by atoms with van der Waals surface area (Å²) in [5.74, 6) is -0.365. The van der Waals surface area contributed by atoms with Crippen LogP contribution >= 0.6 is 11.6 Å². The van der Waals surface area contributed by atoms with E-state index in [2.05, 4.69) is 10.1 Å². The number of ether oxygens (including phenoxy) is 1. The number of ketones is 1. The summed E-state index contributed by atoms with van der Waals surface area (Å²) in [5.41, 5.74) is -0.666. The lowest BCUT2D eigenvalue weighted by atomic mass is 10.1. The molecule has 1 aromatic carbocycles. The fourth-order valence-corrected chi connectivity index (χ4v) is 1.31. The first-order valence-electron chi connectivity index (χ1n) is 4.81. The number of hydrogen-bond donors (Lipinski definition) is 1. The summed E-state index contributed by atoms with van der Waals surface area (Å²) in [7, 11) is 0. The molecule has 0 aliphatic carbocycles. The van der Waals surface area contributed by atoms with Gasteiger partial charge in [0.25, 0.3) is 0 Å².